The van der Waals surface area contributed by atoms with E-state index in [0.29, 0.717) is 26.1 Å². The van der Waals surface area contributed by atoms with Gasteiger partial charge in [-0.1, -0.05) is 26.0 Å². The third kappa shape index (κ3) is 4.87. The minimum Gasteiger partial charge on any atom is -0.449 e. The average Bonchev–Trinajstić information content (AvgIpc) is 2.38. The van der Waals surface area contributed by atoms with Crippen molar-refractivity contribution in [1.82, 2.24) is 0 Å². The summed E-state index contributed by atoms with van der Waals surface area (Å²) in [6.45, 7) is 4.98. The largest absolute Gasteiger partial charge is 0.449 e. The molecule has 0 aromatic heterocycles. The molecule has 0 heterocycles. The van der Waals surface area contributed by atoms with Crippen molar-refractivity contribution in [2.75, 3.05) is 24.6 Å². The van der Waals surface area contributed by atoms with E-state index in [1.807, 2.05) is 13.8 Å². The molecule has 0 unspecified atom stereocenters. The van der Waals surface area contributed by atoms with Crippen LogP contribution in [0.4, 0.5) is 14.9 Å². The summed E-state index contributed by atoms with van der Waals surface area (Å²) >= 11 is 0. The molecule has 0 saturated carbocycles. The molecule has 0 spiro atoms. The van der Waals surface area contributed by atoms with Crippen molar-refractivity contribution in [2.45, 2.75) is 20.3 Å². The summed E-state index contributed by atoms with van der Waals surface area (Å²) < 4.78 is 18.9. The second kappa shape index (κ2) is 7.74. The first-order chi connectivity index (χ1) is 9.06. The Morgan fingerprint density at radius 1 is 1.42 bits per heavy atom. The zero-order chi connectivity index (χ0) is 14.3. The van der Waals surface area contributed by atoms with Gasteiger partial charge in [-0.15, -0.1) is 0 Å². The molecular weight excluding hydrogens is 247 g/mol. The van der Waals surface area contributed by atoms with E-state index in [-0.39, 0.29) is 11.6 Å². The number of benzene rings is 1. The Labute approximate surface area is 113 Å². The smallest absolute Gasteiger partial charge is 0.414 e. The van der Waals surface area contributed by atoms with Crippen LogP contribution >= 0.6 is 0 Å². The van der Waals surface area contributed by atoms with Gasteiger partial charge in [0.25, 0.3) is 0 Å². The van der Waals surface area contributed by atoms with E-state index < -0.39 is 11.9 Å². The summed E-state index contributed by atoms with van der Waals surface area (Å²) in [6.07, 6.45) is 0.0535. The highest BCUT2D eigenvalue weighted by atomic mass is 19.1. The number of halogens is 1. The number of para-hydroxylation sites is 1. The van der Waals surface area contributed by atoms with Gasteiger partial charge in [0.15, 0.2) is 0 Å². The molecule has 106 valence electrons. The molecule has 19 heavy (non-hydrogen) atoms. The number of carbonyl (C=O) groups is 1. The van der Waals surface area contributed by atoms with Crippen molar-refractivity contribution in [1.29, 1.82) is 0 Å². The van der Waals surface area contributed by atoms with Crippen molar-refractivity contribution in [3.8, 4) is 0 Å². The zero-order valence-electron chi connectivity index (χ0n) is 11.4. The maximum atomic E-state index is 13.7. The normalized spacial score (nSPS) is 10.6. The number of rotatable bonds is 6. The Morgan fingerprint density at radius 3 is 2.68 bits per heavy atom. The maximum Gasteiger partial charge on any atom is 0.414 e. The zero-order valence-corrected chi connectivity index (χ0v) is 11.4. The van der Waals surface area contributed by atoms with Crippen LogP contribution in [0.3, 0.4) is 0 Å². The lowest BCUT2D eigenvalue weighted by molar-refractivity contribution is 0.140. The van der Waals surface area contributed by atoms with Gasteiger partial charge in [-0.25, -0.2) is 9.18 Å². The molecule has 1 aromatic rings. The van der Waals surface area contributed by atoms with Crippen LogP contribution in [0.5, 0.6) is 0 Å². The number of hydrogen-bond donors (Lipinski definition) is 1. The molecule has 1 amide bonds. The van der Waals surface area contributed by atoms with Crippen molar-refractivity contribution in [2.24, 2.45) is 11.7 Å². The fraction of sp³-hybridized carbons (Fsp3) is 0.500. The first kappa shape index (κ1) is 15.4. The summed E-state index contributed by atoms with van der Waals surface area (Å²) in [5.41, 5.74) is 5.67. The predicted molar refractivity (Wildman–Crippen MR) is 73.6 cm³/mol. The van der Waals surface area contributed by atoms with Gasteiger partial charge in [0, 0.05) is 6.54 Å². The quantitative estimate of drug-likeness (QED) is 0.863. The van der Waals surface area contributed by atoms with E-state index in [1.54, 1.807) is 18.2 Å². The van der Waals surface area contributed by atoms with Crippen LogP contribution < -0.4 is 10.6 Å². The molecule has 5 heteroatoms. The van der Waals surface area contributed by atoms with Gasteiger partial charge in [-0.3, -0.25) is 4.90 Å². The first-order valence-corrected chi connectivity index (χ1v) is 6.45. The van der Waals surface area contributed by atoms with Crippen molar-refractivity contribution < 1.29 is 13.9 Å². The first-order valence-electron chi connectivity index (χ1n) is 6.45. The number of hydrogen-bond acceptors (Lipinski definition) is 3. The topological polar surface area (TPSA) is 55.6 Å². The average molecular weight is 268 g/mol. The summed E-state index contributed by atoms with van der Waals surface area (Å²) in [5.74, 6) is -0.207. The number of ether oxygens (including phenoxy) is 1. The lowest BCUT2D eigenvalue weighted by Crippen LogP contribution is -2.34. The van der Waals surface area contributed by atoms with E-state index in [4.69, 9.17) is 10.5 Å². The highest BCUT2D eigenvalue weighted by molar-refractivity contribution is 5.87. The molecule has 1 rings (SSSR count). The molecule has 0 aliphatic carbocycles. The van der Waals surface area contributed by atoms with Gasteiger partial charge < -0.3 is 10.5 Å². The van der Waals surface area contributed by atoms with Crippen molar-refractivity contribution in [3.05, 3.63) is 30.1 Å². The summed E-state index contributed by atoms with van der Waals surface area (Å²) in [5, 5.41) is 0. The van der Waals surface area contributed by atoms with E-state index in [9.17, 15) is 9.18 Å². The molecule has 0 radical (unpaired) electrons. The second-order valence-electron chi connectivity index (χ2n) is 4.72. The molecule has 4 nitrogen and oxygen atoms in total. The van der Waals surface area contributed by atoms with Gasteiger partial charge in [0.2, 0.25) is 0 Å². The van der Waals surface area contributed by atoms with Crippen LogP contribution in [0, 0.1) is 11.7 Å². The Hall–Kier alpha value is -1.62. The summed E-state index contributed by atoms with van der Waals surface area (Å²) in [6, 6.07) is 6.14. The Bertz CT molecular complexity index is 410. The van der Waals surface area contributed by atoms with Gasteiger partial charge in [-0.2, -0.15) is 0 Å². The minimum atomic E-state index is -0.535. The molecule has 2 N–H and O–H groups in total. The molecule has 0 aliphatic heterocycles. The molecular formula is C14H21FN2O2. The maximum absolute atomic E-state index is 13.7. The standard InChI is InChI=1S/C14H21FN2O2/c1-11(2)10-19-14(18)17(9-5-8-16)13-7-4-3-6-12(13)15/h3-4,6-7,11H,5,8-10,16H2,1-2H3. The van der Waals surface area contributed by atoms with Gasteiger partial charge >= 0.3 is 6.09 Å². The SMILES string of the molecule is CC(C)COC(=O)N(CCCN)c1ccccc1F. The van der Waals surface area contributed by atoms with Crippen LogP contribution in [0.2, 0.25) is 0 Å². The minimum absolute atomic E-state index is 0.227. The van der Waals surface area contributed by atoms with Gasteiger partial charge in [-0.05, 0) is 31.0 Å². The number of nitrogens with two attached hydrogens (primary N) is 1. The van der Waals surface area contributed by atoms with Crippen LogP contribution in [-0.4, -0.2) is 25.8 Å². The number of carbonyl (C=O) groups excluding carboxylic acids is 1. The lowest BCUT2D eigenvalue weighted by Gasteiger charge is -2.23. The van der Waals surface area contributed by atoms with Crippen molar-refractivity contribution >= 4 is 11.8 Å². The molecule has 1 aromatic carbocycles. The molecule has 0 atom stereocenters. The molecule has 0 bridgehead atoms. The number of amides is 1. The van der Waals surface area contributed by atoms with Crippen LogP contribution in [0.1, 0.15) is 20.3 Å². The molecule has 0 fully saturated rings. The summed E-state index contributed by atoms with van der Waals surface area (Å²) in [4.78, 5) is 13.3. The Balaban J connectivity index is 2.82. The van der Waals surface area contributed by atoms with E-state index >= 15 is 0 Å². The van der Waals surface area contributed by atoms with E-state index in [1.165, 1.54) is 11.0 Å². The monoisotopic (exact) mass is 268 g/mol. The second-order valence-corrected chi connectivity index (χ2v) is 4.72. The van der Waals surface area contributed by atoms with Gasteiger partial charge in [0.1, 0.15) is 5.82 Å². The third-order valence-corrected chi connectivity index (χ3v) is 2.49. The fourth-order valence-electron chi connectivity index (χ4n) is 1.55. The number of anilines is 1. The predicted octanol–water partition coefficient (Wildman–Crippen LogP) is 2.77. The van der Waals surface area contributed by atoms with Crippen molar-refractivity contribution in [3.63, 3.8) is 0 Å². The molecule has 0 saturated heterocycles. The van der Waals surface area contributed by atoms with Crippen LogP contribution in [-0.2, 0) is 4.74 Å². The van der Waals surface area contributed by atoms with Crippen LogP contribution in [0.25, 0.3) is 0 Å². The molecule has 0 aliphatic rings. The van der Waals surface area contributed by atoms with Crippen LogP contribution in [0.15, 0.2) is 24.3 Å². The Morgan fingerprint density at radius 2 is 2.11 bits per heavy atom. The fourth-order valence-corrected chi connectivity index (χ4v) is 1.55. The Kier molecular flexibility index (Phi) is 6.29. The number of nitrogens with zero attached hydrogens (tertiary/aromatic N) is 1. The third-order valence-electron chi connectivity index (χ3n) is 2.49. The lowest BCUT2D eigenvalue weighted by atomic mass is 10.2. The van der Waals surface area contributed by atoms with E-state index in [0.717, 1.165) is 0 Å². The highest BCUT2D eigenvalue weighted by Gasteiger charge is 2.19. The van der Waals surface area contributed by atoms with E-state index in [2.05, 4.69) is 0 Å². The van der Waals surface area contributed by atoms with Gasteiger partial charge in [0.05, 0.1) is 12.3 Å². The summed E-state index contributed by atoms with van der Waals surface area (Å²) in [7, 11) is 0. The highest BCUT2D eigenvalue weighted by Crippen LogP contribution is 2.20.